The maximum absolute atomic E-state index is 13.6. The van der Waals surface area contributed by atoms with Gasteiger partial charge in [-0.25, -0.2) is 8.78 Å². The molecule has 1 N–H and O–H groups in total. The van der Waals surface area contributed by atoms with E-state index in [4.69, 9.17) is 0 Å². The summed E-state index contributed by atoms with van der Waals surface area (Å²) < 4.78 is 28.9. The minimum Gasteiger partial charge on any atom is -0.348 e. The van der Waals surface area contributed by atoms with E-state index in [1.807, 2.05) is 25.3 Å². The SMILES string of the molecule is CC[C@H](C)NC(=O)c1c(C)c2c(n1Cc1ccc(F)c(F)c1)CCCC2. The Morgan fingerprint density at radius 3 is 2.65 bits per heavy atom. The number of rotatable bonds is 5. The van der Waals surface area contributed by atoms with E-state index in [0.717, 1.165) is 49.4 Å². The summed E-state index contributed by atoms with van der Waals surface area (Å²) in [7, 11) is 0. The summed E-state index contributed by atoms with van der Waals surface area (Å²) in [6, 6.07) is 4.03. The number of carbonyl (C=O) groups excluding carboxylic acids is 1. The summed E-state index contributed by atoms with van der Waals surface area (Å²) in [5.41, 5.74) is 4.73. The summed E-state index contributed by atoms with van der Waals surface area (Å²) in [4.78, 5) is 12.9. The molecule has 0 saturated heterocycles. The number of hydrogen-bond donors (Lipinski definition) is 1. The summed E-state index contributed by atoms with van der Waals surface area (Å²) >= 11 is 0. The van der Waals surface area contributed by atoms with Crippen molar-refractivity contribution >= 4 is 5.91 Å². The average Bonchev–Trinajstić information content (AvgIpc) is 2.90. The molecule has 5 heteroatoms. The van der Waals surface area contributed by atoms with E-state index in [1.54, 1.807) is 6.07 Å². The number of hydrogen-bond acceptors (Lipinski definition) is 1. The van der Waals surface area contributed by atoms with Crippen molar-refractivity contribution in [2.45, 2.75) is 65.5 Å². The van der Waals surface area contributed by atoms with Crippen LogP contribution in [0.25, 0.3) is 0 Å². The van der Waals surface area contributed by atoms with Crippen LogP contribution in [0.5, 0.6) is 0 Å². The van der Waals surface area contributed by atoms with Crippen molar-refractivity contribution in [3.63, 3.8) is 0 Å². The minimum absolute atomic E-state index is 0.0885. The van der Waals surface area contributed by atoms with Crippen LogP contribution in [0.1, 0.15) is 66.0 Å². The Balaban J connectivity index is 2.04. The molecule has 3 nitrogen and oxygen atoms in total. The standard InChI is InChI=1S/C21H26F2N2O/c1-4-13(2)24-21(26)20-14(3)16-7-5-6-8-19(16)25(20)12-15-9-10-17(22)18(23)11-15/h9-11,13H,4-8,12H2,1-3H3,(H,24,26)/t13-/m0/s1. The van der Waals surface area contributed by atoms with Gasteiger partial charge in [0.15, 0.2) is 11.6 Å². The van der Waals surface area contributed by atoms with Crippen molar-refractivity contribution in [2.75, 3.05) is 0 Å². The second kappa shape index (κ2) is 7.60. The second-order valence-electron chi connectivity index (χ2n) is 7.22. The van der Waals surface area contributed by atoms with Gasteiger partial charge in [-0.1, -0.05) is 13.0 Å². The van der Waals surface area contributed by atoms with Crippen molar-refractivity contribution in [1.29, 1.82) is 0 Å². The van der Waals surface area contributed by atoms with Crippen molar-refractivity contribution in [3.8, 4) is 0 Å². The van der Waals surface area contributed by atoms with Gasteiger partial charge in [0, 0.05) is 18.3 Å². The Morgan fingerprint density at radius 2 is 1.96 bits per heavy atom. The molecule has 140 valence electrons. The molecule has 0 radical (unpaired) electrons. The van der Waals surface area contributed by atoms with Crippen molar-refractivity contribution in [1.82, 2.24) is 9.88 Å². The quantitative estimate of drug-likeness (QED) is 0.835. The third-order valence-electron chi connectivity index (χ3n) is 5.37. The van der Waals surface area contributed by atoms with Gasteiger partial charge in [-0.3, -0.25) is 4.79 Å². The van der Waals surface area contributed by atoms with Crippen LogP contribution < -0.4 is 5.32 Å². The molecule has 1 aliphatic carbocycles. The van der Waals surface area contributed by atoms with E-state index in [2.05, 4.69) is 5.32 Å². The molecule has 26 heavy (non-hydrogen) atoms. The first kappa shape index (κ1) is 18.6. The van der Waals surface area contributed by atoms with Gasteiger partial charge >= 0.3 is 0 Å². The molecule has 1 aromatic heterocycles. The molecule has 2 aromatic rings. The first-order chi connectivity index (χ1) is 12.4. The third kappa shape index (κ3) is 3.53. The maximum Gasteiger partial charge on any atom is 0.268 e. The minimum atomic E-state index is -0.856. The van der Waals surface area contributed by atoms with Crippen LogP contribution in [-0.4, -0.2) is 16.5 Å². The van der Waals surface area contributed by atoms with Gasteiger partial charge in [0.05, 0.1) is 0 Å². The summed E-state index contributed by atoms with van der Waals surface area (Å²) in [6.45, 7) is 6.38. The van der Waals surface area contributed by atoms with Crippen LogP contribution in [0, 0.1) is 18.6 Å². The van der Waals surface area contributed by atoms with Crippen molar-refractivity contribution in [2.24, 2.45) is 0 Å². The number of nitrogens with one attached hydrogen (secondary N) is 1. The highest BCUT2D eigenvalue weighted by atomic mass is 19.2. The molecule has 0 bridgehead atoms. The van der Waals surface area contributed by atoms with Crippen molar-refractivity contribution < 1.29 is 13.6 Å². The molecule has 1 amide bonds. The zero-order valence-electron chi connectivity index (χ0n) is 15.7. The van der Waals surface area contributed by atoms with Crippen LogP contribution >= 0.6 is 0 Å². The Labute approximate surface area is 153 Å². The molecule has 3 rings (SSSR count). The van der Waals surface area contributed by atoms with Gasteiger partial charge in [0.1, 0.15) is 5.69 Å². The first-order valence-electron chi connectivity index (χ1n) is 9.38. The van der Waals surface area contributed by atoms with Crippen LogP contribution in [0.4, 0.5) is 8.78 Å². The van der Waals surface area contributed by atoms with Gasteiger partial charge in [0.25, 0.3) is 5.91 Å². The highest BCUT2D eigenvalue weighted by Gasteiger charge is 2.26. The van der Waals surface area contributed by atoms with Crippen LogP contribution in [0.2, 0.25) is 0 Å². The predicted molar refractivity (Wildman–Crippen MR) is 98.5 cm³/mol. The van der Waals surface area contributed by atoms with E-state index in [0.29, 0.717) is 17.8 Å². The Bertz CT molecular complexity index is 826. The van der Waals surface area contributed by atoms with Crippen LogP contribution in [-0.2, 0) is 19.4 Å². The van der Waals surface area contributed by atoms with Crippen molar-refractivity contribution in [3.05, 3.63) is 57.9 Å². The largest absolute Gasteiger partial charge is 0.348 e. The molecule has 1 atom stereocenters. The Morgan fingerprint density at radius 1 is 1.23 bits per heavy atom. The van der Waals surface area contributed by atoms with Crippen LogP contribution in [0.15, 0.2) is 18.2 Å². The number of aromatic nitrogens is 1. The summed E-state index contributed by atoms with van der Waals surface area (Å²) in [5.74, 6) is -1.80. The van der Waals surface area contributed by atoms with E-state index >= 15 is 0 Å². The number of amides is 1. The smallest absolute Gasteiger partial charge is 0.268 e. The summed E-state index contributed by atoms with van der Waals surface area (Å²) in [5, 5.41) is 3.05. The molecule has 0 spiro atoms. The lowest BCUT2D eigenvalue weighted by molar-refractivity contribution is 0.0929. The van der Waals surface area contributed by atoms with E-state index in [9.17, 15) is 13.6 Å². The highest BCUT2D eigenvalue weighted by molar-refractivity contribution is 5.95. The lowest BCUT2D eigenvalue weighted by Crippen LogP contribution is -2.34. The van der Waals surface area contributed by atoms with E-state index in [1.165, 1.54) is 11.6 Å². The molecule has 0 fully saturated rings. The topological polar surface area (TPSA) is 34.0 Å². The second-order valence-corrected chi connectivity index (χ2v) is 7.22. The number of benzene rings is 1. The van der Waals surface area contributed by atoms with Gasteiger partial charge in [-0.05, 0) is 74.8 Å². The van der Waals surface area contributed by atoms with Gasteiger partial charge in [0.2, 0.25) is 0 Å². The fourth-order valence-corrected chi connectivity index (χ4v) is 3.75. The van der Waals surface area contributed by atoms with Gasteiger partial charge < -0.3 is 9.88 Å². The highest BCUT2D eigenvalue weighted by Crippen LogP contribution is 2.30. The molecule has 0 unspecified atom stereocenters. The Hall–Kier alpha value is -2.17. The number of halogens is 2. The molecular weight excluding hydrogens is 334 g/mol. The lowest BCUT2D eigenvalue weighted by Gasteiger charge is -2.18. The number of carbonyl (C=O) groups is 1. The zero-order chi connectivity index (χ0) is 18.8. The van der Waals surface area contributed by atoms with Crippen LogP contribution in [0.3, 0.4) is 0 Å². The zero-order valence-corrected chi connectivity index (χ0v) is 15.7. The molecular formula is C21H26F2N2O. The Kier molecular flexibility index (Phi) is 5.44. The molecule has 1 aliphatic rings. The third-order valence-corrected chi connectivity index (χ3v) is 5.37. The van der Waals surface area contributed by atoms with E-state index < -0.39 is 11.6 Å². The molecule has 0 aliphatic heterocycles. The first-order valence-corrected chi connectivity index (χ1v) is 9.38. The lowest BCUT2D eigenvalue weighted by atomic mass is 9.95. The summed E-state index contributed by atoms with van der Waals surface area (Å²) in [6.07, 6.45) is 4.94. The fourth-order valence-electron chi connectivity index (χ4n) is 3.75. The molecule has 1 heterocycles. The maximum atomic E-state index is 13.6. The monoisotopic (exact) mass is 360 g/mol. The average molecular weight is 360 g/mol. The van der Waals surface area contributed by atoms with Gasteiger partial charge in [-0.15, -0.1) is 0 Å². The fraction of sp³-hybridized carbons (Fsp3) is 0.476. The molecule has 0 saturated carbocycles. The number of nitrogens with zero attached hydrogens (tertiary/aromatic N) is 1. The predicted octanol–water partition coefficient (Wildman–Crippen LogP) is 4.53. The van der Waals surface area contributed by atoms with Gasteiger partial charge in [-0.2, -0.15) is 0 Å². The van der Waals surface area contributed by atoms with E-state index in [-0.39, 0.29) is 11.9 Å². The molecule has 1 aromatic carbocycles. The normalized spacial score (nSPS) is 14.8. The number of fused-ring (bicyclic) bond motifs is 1.